The van der Waals surface area contributed by atoms with Gasteiger partial charge >= 0.3 is 5.97 Å². The minimum atomic E-state index is -0.389. The van der Waals surface area contributed by atoms with Crippen LogP contribution in [-0.2, 0) is 0 Å². The van der Waals surface area contributed by atoms with Gasteiger partial charge in [-0.25, -0.2) is 4.79 Å². The van der Waals surface area contributed by atoms with Gasteiger partial charge in [0.25, 0.3) is 0 Å². The number of carbonyl (C=O) groups excluding carboxylic acids is 1. The van der Waals surface area contributed by atoms with Gasteiger partial charge < -0.3 is 9.47 Å². The highest BCUT2D eigenvalue weighted by Gasteiger charge is 2.12. The second kappa shape index (κ2) is 6.97. The Morgan fingerprint density at radius 3 is 2.36 bits per heavy atom. The maximum Gasteiger partial charge on any atom is 0.343 e. The van der Waals surface area contributed by atoms with E-state index in [9.17, 15) is 4.79 Å². The van der Waals surface area contributed by atoms with Gasteiger partial charge in [0, 0.05) is 0 Å². The van der Waals surface area contributed by atoms with Gasteiger partial charge in [0.15, 0.2) is 0 Å². The van der Waals surface area contributed by atoms with Crippen LogP contribution in [0.2, 0.25) is 0 Å². The molecule has 0 radical (unpaired) electrons. The van der Waals surface area contributed by atoms with Crippen LogP contribution in [-0.4, -0.2) is 12.1 Å². The number of aryl methyl sites for hydroxylation is 2. The third kappa shape index (κ3) is 4.10. The number of ether oxygens (including phenoxy) is 2. The smallest absolute Gasteiger partial charge is 0.343 e. The maximum absolute atomic E-state index is 12.2. The van der Waals surface area contributed by atoms with E-state index >= 15 is 0 Å². The van der Waals surface area contributed by atoms with Crippen molar-refractivity contribution in [3.63, 3.8) is 0 Å². The van der Waals surface area contributed by atoms with E-state index in [0.717, 1.165) is 15.6 Å². The summed E-state index contributed by atoms with van der Waals surface area (Å²) in [5.74, 6) is 0.865. The minimum absolute atomic E-state index is 0.0737. The van der Waals surface area contributed by atoms with Crippen molar-refractivity contribution in [3.05, 3.63) is 57.6 Å². The molecule has 22 heavy (non-hydrogen) atoms. The van der Waals surface area contributed by atoms with Crippen molar-refractivity contribution in [1.29, 1.82) is 0 Å². The van der Waals surface area contributed by atoms with Crippen molar-refractivity contribution in [2.24, 2.45) is 0 Å². The third-order valence-electron chi connectivity index (χ3n) is 3.22. The Morgan fingerprint density at radius 1 is 1.05 bits per heavy atom. The highest BCUT2D eigenvalue weighted by molar-refractivity contribution is 9.10. The van der Waals surface area contributed by atoms with Crippen LogP contribution in [0.25, 0.3) is 0 Å². The molecule has 0 N–H and O–H groups in total. The summed E-state index contributed by atoms with van der Waals surface area (Å²) in [5, 5.41) is 0. The van der Waals surface area contributed by atoms with E-state index in [-0.39, 0.29) is 12.1 Å². The van der Waals surface area contributed by atoms with Gasteiger partial charge in [-0.2, -0.15) is 0 Å². The summed E-state index contributed by atoms with van der Waals surface area (Å²) in [7, 11) is 0. The molecule has 0 aliphatic heterocycles. The molecule has 2 aromatic carbocycles. The lowest BCUT2D eigenvalue weighted by Gasteiger charge is -2.12. The number of halogens is 1. The largest absolute Gasteiger partial charge is 0.490 e. The molecule has 0 amide bonds. The molecule has 0 saturated heterocycles. The van der Waals surface area contributed by atoms with E-state index in [2.05, 4.69) is 15.9 Å². The first-order chi connectivity index (χ1) is 10.4. The van der Waals surface area contributed by atoms with Crippen molar-refractivity contribution in [3.8, 4) is 11.5 Å². The predicted molar refractivity (Wildman–Crippen MR) is 90.8 cm³/mol. The summed E-state index contributed by atoms with van der Waals surface area (Å²) in [4.78, 5) is 12.2. The van der Waals surface area contributed by atoms with Crippen LogP contribution in [0.3, 0.4) is 0 Å². The Kier molecular flexibility index (Phi) is 5.24. The lowest BCUT2D eigenvalue weighted by Crippen LogP contribution is -2.10. The zero-order chi connectivity index (χ0) is 16.3. The van der Waals surface area contributed by atoms with Crippen molar-refractivity contribution < 1.29 is 14.3 Å². The van der Waals surface area contributed by atoms with E-state index in [4.69, 9.17) is 9.47 Å². The van der Waals surface area contributed by atoms with Gasteiger partial charge in [0.2, 0.25) is 0 Å². The van der Waals surface area contributed by atoms with Crippen LogP contribution in [0.1, 0.15) is 35.3 Å². The Labute approximate surface area is 139 Å². The molecular formula is C18H19BrO3. The summed E-state index contributed by atoms with van der Waals surface area (Å²) in [5.41, 5.74) is 2.73. The Morgan fingerprint density at radius 2 is 1.77 bits per heavy atom. The predicted octanol–water partition coefficient (Wildman–Crippen LogP) is 5.07. The van der Waals surface area contributed by atoms with Crippen molar-refractivity contribution >= 4 is 21.9 Å². The summed E-state index contributed by atoms with van der Waals surface area (Å²) < 4.78 is 11.8. The molecule has 0 aliphatic carbocycles. The van der Waals surface area contributed by atoms with Gasteiger partial charge in [0.1, 0.15) is 11.5 Å². The van der Waals surface area contributed by atoms with E-state index in [0.29, 0.717) is 17.1 Å². The average molecular weight is 363 g/mol. The summed E-state index contributed by atoms with van der Waals surface area (Å²) >= 11 is 3.42. The van der Waals surface area contributed by atoms with Crippen LogP contribution >= 0.6 is 15.9 Å². The van der Waals surface area contributed by atoms with E-state index in [1.807, 2.05) is 39.8 Å². The molecule has 0 aromatic heterocycles. The van der Waals surface area contributed by atoms with Gasteiger partial charge in [0.05, 0.1) is 16.1 Å². The molecular weight excluding hydrogens is 344 g/mol. The quantitative estimate of drug-likeness (QED) is 0.562. The van der Waals surface area contributed by atoms with Crippen molar-refractivity contribution in [2.75, 3.05) is 0 Å². The lowest BCUT2D eigenvalue weighted by molar-refractivity contribution is 0.0734. The molecule has 2 aromatic rings. The molecule has 0 unspecified atom stereocenters. The molecule has 116 valence electrons. The van der Waals surface area contributed by atoms with Gasteiger partial charge in [-0.3, -0.25) is 0 Å². The number of hydrogen-bond acceptors (Lipinski definition) is 3. The molecule has 0 fully saturated rings. The standard InChI is InChI=1S/C18H19BrO3/c1-11(2)21-17-8-6-14(10-16(17)19)18(20)22-15-7-5-12(3)13(4)9-15/h5-11H,1-4H3. The fourth-order valence-electron chi connectivity index (χ4n) is 1.92. The second-order valence-corrected chi connectivity index (χ2v) is 6.30. The van der Waals surface area contributed by atoms with Crippen LogP contribution < -0.4 is 9.47 Å². The minimum Gasteiger partial charge on any atom is -0.490 e. The zero-order valence-electron chi connectivity index (χ0n) is 13.1. The summed E-state index contributed by atoms with van der Waals surface area (Å²) in [6, 6.07) is 10.8. The second-order valence-electron chi connectivity index (χ2n) is 5.45. The topological polar surface area (TPSA) is 35.5 Å². The van der Waals surface area contributed by atoms with Crippen LogP contribution in [0.4, 0.5) is 0 Å². The summed E-state index contributed by atoms with van der Waals surface area (Å²) in [6.45, 7) is 7.91. The van der Waals surface area contributed by atoms with Crippen LogP contribution in [0.15, 0.2) is 40.9 Å². The molecule has 0 heterocycles. The number of rotatable bonds is 4. The van der Waals surface area contributed by atoms with Gasteiger partial charge in [-0.15, -0.1) is 0 Å². The Bertz CT molecular complexity index is 693. The molecule has 0 bridgehead atoms. The molecule has 0 saturated carbocycles. The monoisotopic (exact) mass is 362 g/mol. The molecule has 0 spiro atoms. The average Bonchev–Trinajstić information content (AvgIpc) is 2.44. The first-order valence-corrected chi connectivity index (χ1v) is 7.91. The maximum atomic E-state index is 12.2. The number of esters is 1. The Balaban J connectivity index is 2.15. The van der Waals surface area contributed by atoms with Crippen molar-refractivity contribution in [2.45, 2.75) is 33.8 Å². The first-order valence-electron chi connectivity index (χ1n) is 7.12. The fraction of sp³-hybridized carbons (Fsp3) is 0.278. The SMILES string of the molecule is Cc1ccc(OC(=O)c2ccc(OC(C)C)c(Br)c2)cc1C. The Hall–Kier alpha value is -1.81. The number of hydrogen-bond donors (Lipinski definition) is 0. The normalized spacial score (nSPS) is 10.6. The van der Waals surface area contributed by atoms with E-state index < -0.39 is 0 Å². The molecule has 0 aliphatic rings. The first kappa shape index (κ1) is 16.6. The van der Waals surface area contributed by atoms with E-state index in [1.165, 1.54) is 0 Å². The van der Waals surface area contributed by atoms with Gasteiger partial charge in [-0.05, 0) is 85.1 Å². The number of benzene rings is 2. The molecule has 0 atom stereocenters. The van der Waals surface area contributed by atoms with Crippen LogP contribution in [0.5, 0.6) is 11.5 Å². The molecule has 2 rings (SSSR count). The van der Waals surface area contributed by atoms with Crippen LogP contribution in [0, 0.1) is 13.8 Å². The molecule has 4 heteroatoms. The summed E-state index contributed by atoms with van der Waals surface area (Å²) in [6.07, 6.45) is 0.0737. The highest BCUT2D eigenvalue weighted by atomic mass is 79.9. The number of carbonyl (C=O) groups is 1. The molecule has 3 nitrogen and oxygen atoms in total. The van der Waals surface area contributed by atoms with Crippen molar-refractivity contribution in [1.82, 2.24) is 0 Å². The van der Waals surface area contributed by atoms with Gasteiger partial charge in [-0.1, -0.05) is 6.07 Å². The highest BCUT2D eigenvalue weighted by Crippen LogP contribution is 2.27. The van der Waals surface area contributed by atoms with E-state index in [1.54, 1.807) is 24.3 Å². The fourth-order valence-corrected chi connectivity index (χ4v) is 2.39. The third-order valence-corrected chi connectivity index (χ3v) is 3.84. The lowest BCUT2D eigenvalue weighted by atomic mass is 10.1. The zero-order valence-corrected chi connectivity index (χ0v) is 14.7.